The van der Waals surface area contributed by atoms with E-state index in [4.69, 9.17) is 20.5 Å². The Morgan fingerprint density at radius 1 is 0.492 bits per heavy atom. The van der Waals surface area contributed by atoms with Gasteiger partial charge in [0.2, 0.25) is 0 Å². The highest BCUT2D eigenvalue weighted by Crippen LogP contribution is 2.35. The minimum absolute atomic E-state index is 0.00100. The minimum Gasteiger partial charge on any atom is -0.369 e. The van der Waals surface area contributed by atoms with E-state index in [1.807, 2.05) is 121 Å². The Morgan fingerprint density at radius 3 is 1.22 bits per heavy atom. The van der Waals surface area contributed by atoms with E-state index >= 15 is 0 Å². The Kier molecular flexibility index (Phi) is 14.0. The van der Waals surface area contributed by atoms with Crippen molar-refractivity contribution in [2.24, 2.45) is 21.5 Å². The van der Waals surface area contributed by atoms with Crippen LogP contribution in [0.5, 0.6) is 0 Å². The highest BCUT2D eigenvalue weighted by Gasteiger charge is 2.30. The molecule has 2 saturated heterocycles. The smallest absolute Gasteiger partial charge is 0.253 e. The summed E-state index contributed by atoms with van der Waals surface area (Å²) in [4.78, 5) is 38.9. The van der Waals surface area contributed by atoms with Crippen LogP contribution in [0.2, 0.25) is 0 Å². The number of ketones is 2. The predicted octanol–water partition coefficient (Wildman–Crippen LogP) is 9.72. The van der Waals surface area contributed by atoms with Crippen molar-refractivity contribution in [3.8, 4) is 0 Å². The minimum atomic E-state index is -0.471. The van der Waals surface area contributed by atoms with E-state index < -0.39 is 10.8 Å². The zero-order chi connectivity index (χ0) is 44.4. The van der Waals surface area contributed by atoms with Gasteiger partial charge in [-0.05, 0) is 55.4 Å². The van der Waals surface area contributed by atoms with Gasteiger partial charge in [0, 0.05) is 71.4 Å². The van der Waals surface area contributed by atoms with Crippen molar-refractivity contribution in [1.82, 2.24) is 20.1 Å². The molecule has 4 heterocycles. The maximum absolute atomic E-state index is 12.9. The molecule has 0 aliphatic carbocycles. The number of carbonyl (C=O) groups excluding carboxylic acids is 2. The van der Waals surface area contributed by atoms with Gasteiger partial charge in [-0.1, -0.05) is 148 Å². The molecule has 8 rings (SSSR count). The van der Waals surface area contributed by atoms with Crippen LogP contribution in [0, 0.1) is 0 Å². The zero-order valence-electron chi connectivity index (χ0n) is 36.8. The van der Waals surface area contributed by atoms with Crippen molar-refractivity contribution < 1.29 is 18.6 Å². The standard InChI is InChI=1S/C26H30N4O2.C25H28N4O2/c1-26(2,21-14-10-13-20(17-21)24(31)19-11-6-5-7-12-19)22-18-23(32-29-22)28-25(27)30-15-8-3-4-9-16-30;1-25(2,20-13-9-12-19(16-20)23(30)18-10-5-3-6-11-18)21-17-22(31-28-21)27-24(26)29-14-7-4-8-15-29/h5-7,10-14,17-18H,3-4,8-9,15-16H2,1-2H3,(H2,27,28);3,5-6,9-13,16-17H,4,7-8,14-15H2,1-2H3,(H2,26,27). The lowest BCUT2D eigenvalue weighted by Gasteiger charge is -2.27. The van der Waals surface area contributed by atoms with Crippen LogP contribution in [-0.2, 0) is 10.8 Å². The van der Waals surface area contributed by atoms with Crippen molar-refractivity contribution in [2.75, 3.05) is 26.2 Å². The summed E-state index contributed by atoms with van der Waals surface area (Å²) in [6.07, 6.45) is 8.21. The van der Waals surface area contributed by atoms with Gasteiger partial charge in [-0.2, -0.15) is 9.98 Å². The molecule has 12 nitrogen and oxygen atoms in total. The third-order valence-corrected chi connectivity index (χ3v) is 12.1. The second-order valence-corrected chi connectivity index (χ2v) is 17.3. The third kappa shape index (κ3) is 10.8. The van der Waals surface area contributed by atoms with Gasteiger partial charge in [-0.15, -0.1) is 0 Å². The number of hydrogen-bond donors (Lipinski definition) is 2. The number of carbonyl (C=O) groups is 2. The van der Waals surface area contributed by atoms with E-state index in [1.54, 1.807) is 0 Å². The Balaban J connectivity index is 0.000000189. The molecule has 2 aliphatic rings. The number of likely N-dealkylation sites (tertiary alicyclic amines) is 2. The fourth-order valence-corrected chi connectivity index (χ4v) is 7.92. The maximum atomic E-state index is 12.9. The SMILES string of the molecule is CC(C)(c1cccc(C(=O)c2ccccc2)c1)c1cc(N=C(N)N2CCCCC2)on1.CC(C)(c1cccc(C(=O)c2ccccc2)c1)c1cc(N=C(N)N2CCCCCC2)on1. The number of hydrogen-bond acceptors (Lipinski definition) is 8. The van der Waals surface area contributed by atoms with Crippen LogP contribution in [0.1, 0.15) is 127 Å². The van der Waals surface area contributed by atoms with E-state index in [0.717, 1.165) is 74.4 Å². The van der Waals surface area contributed by atoms with Crippen molar-refractivity contribution in [2.45, 2.75) is 83.5 Å². The number of benzene rings is 4. The van der Waals surface area contributed by atoms with Gasteiger partial charge >= 0.3 is 0 Å². The highest BCUT2D eigenvalue weighted by atomic mass is 16.5. The lowest BCUT2D eigenvalue weighted by molar-refractivity contribution is 0.103. The quantitative estimate of drug-likeness (QED) is 0.0769. The largest absolute Gasteiger partial charge is 0.369 e. The molecule has 4 aromatic carbocycles. The fourth-order valence-electron chi connectivity index (χ4n) is 7.92. The third-order valence-electron chi connectivity index (χ3n) is 12.1. The van der Waals surface area contributed by atoms with Gasteiger partial charge in [0.1, 0.15) is 0 Å². The Hall–Kier alpha value is -6.82. The van der Waals surface area contributed by atoms with Gasteiger partial charge in [0.05, 0.1) is 11.4 Å². The molecular weight excluding hydrogens is 789 g/mol. The first-order valence-corrected chi connectivity index (χ1v) is 21.9. The molecule has 2 aliphatic heterocycles. The molecule has 0 atom stereocenters. The van der Waals surface area contributed by atoms with Crippen LogP contribution in [0.3, 0.4) is 0 Å². The van der Waals surface area contributed by atoms with Gasteiger partial charge in [0.25, 0.3) is 11.8 Å². The van der Waals surface area contributed by atoms with Crippen molar-refractivity contribution in [3.63, 3.8) is 0 Å². The molecule has 2 fully saturated rings. The van der Waals surface area contributed by atoms with Gasteiger partial charge in [0.15, 0.2) is 23.5 Å². The molecule has 12 heteroatoms. The summed E-state index contributed by atoms with van der Waals surface area (Å²) in [6, 6.07) is 37.6. The molecule has 2 aromatic heterocycles. The van der Waals surface area contributed by atoms with E-state index in [-0.39, 0.29) is 11.6 Å². The van der Waals surface area contributed by atoms with Crippen LogP contribution < -0.4 is 11.5 Å². The lowest BCUT2D eigenvalue weighted by Crippen LogP contribution is -2.40. The molecule has 4 N–H and O–H groups in total. The molecule has 6 aromatic rings. The number of aliphatic imine (C=N–C) groups is 2. The number of rotatable bonds is 10. The first kappa shape index (κ1) is 44.2. The maximum Gasteiger partial charge on any atom is 0.253 e. The molecule has 0 unspecified atom stereocenters. The summed E-state index contributed by atoms with van der Waals surface area (Å²) in [5.74, 6) is 1.73. The molecular formula is C51H58N8O4. The van der Waals surface area contributed by atoms with Crippen molar-refractivity contribution in [1.29, 1.82) is 0 Å². The normalized spacial score (nSPS) is 15.3. The number of piperidine rings is 1. The van der Waals surface area contributed by atoms with Gasteiger partial charge < -0.3 is 30.3 Å². The van der Waals surface area contributed by atoms with Crippen LogP contribution in [0.15, 0.2) is 140 Å². The molecule has 0 spiro atoms. The second kappa shape index (κ2) is 19.9. The van der Waals surface area contributed by atoms with E-state index in [1.165, 1.54) is 19.3 Å². The molecule has 0 amide bonds. The monoisotopic (exact) mass is 846 g/mol. The van der Waals surface area contributed by atoms with Crippen LogP contribution in [0.25, 0.3) is 0 Å². The van der Waals surface area contributed by atoms with Gasteiger partial charge in [-0.25, -0.2) is 0 Å². The summed E-state index contributed by atoms with van der Waals surface area (Å²) in [5.41, 5.74) is 17.5. The summed E-state index contributed by atoms with van der Waals surface area (Å²) in [6.45, 7) is 11.9. The Labute approximate surface area is 370 Å². The van der Waals surface area contributed by atoms with Crippen LogP contribution >= 0.6 is 0 Å². The van der Waals surface area contributed by atoms with E-state index in [0.29, 0.717) is 45.9 Å². The summed E-state index contributed by atoms with van der Waals surface area (Å²) < 4.78 is 11.0. The summed E-state index contributed by atoms with van der Waals surface area (Å²) >= 11 is 0. The number of aromatic nitrogens is 2. The topological polar surface area (TPSA) is 169 Å². The predicted molar refractivity (Wildman–Crippen MR) is 248 cm³/mol. The zero-order valence-corrected chi connectivity index (χ0v) is 36.8. The number of nitrogens with two attached hydrogens (primary N) is 2. The van der Waals surface area contributed by atoms with Crippen molar-refractivity contribution >= 4 is 35.3 Å². The molecule has 0 bridgehead atoms. The van der Waals surface area contributed by atoms with E-state index in [2.05, 4.69) is 57.8 Å². The van der Waals surface area contributed by atoms with E-state index in [9.17, 15) is 9.59 Å². The molecule has 0 saturated carbocycles. The molecule has 0 radical (unpaired) electrons. The second-order valence-electron chi connectivity index (χ2n) is 17.3. The average molecular weight is 847 g/mol. The first-order valence-electron chi connectivity index (χ1n) is 21.9. The average Bonchev–Trinajstić information content (AvgIpc) is 3.92. The van der Waals surface area contributed by atoms with Gasteiger partial charge in [-0.3, -0.25) is 9.59 Å². The van der Waals surface area contributed by atoms with Crippen LogP contribution in [-0.4, -0.2) is 69.8 Å². The summed E-state index contributed by atoms with van der Waals surface area (Å²) in [7, 11) is 0. The van der Waals surface area contributed by atoms with Crippen LogP contribution in [0.4, 0.5) is 11.8 Å². The number of nitrogens with zero attached hydrogens (tertiary/aromatic N) is 6. The fraction of sp³-hybridized carbons (Fsp3) is 0.333. The Bertz CT molecular complexity index is 2530. The molecule has 63 heavy (non-hydrogen) atoms. The highest BCUT2D eigenvalue weighted by molar-refractivity contribution is 6.09. The van der Waals surface area contributed by atoms with Crippen molar-refractivity contribution in [3.05, 3.63) is 166 Å². The first-order chi connectivity index (χ1) is 30.4. The lowest BCUT2D eigenvalue weighted by atomic mass is 9.80. The number of guanidine groups is 2. The summed E-state index contributed by atoms with van der Waals surface area (Å²) in [5, 5.41) is 8.53. The molecule has 326 valence electrons. The Morgan fingerprint density at radius 2 is 0.841 bits per heavy atom.